The van der Waals surface area contributed by atoms with Crippen LogP contribution in [0, 0.1) is 5.92 Å². The summed E-state index contributed by atoms with van der Waals surface area (Å²) in [6.07, 6.45) is 1.31. The Balaban J connectivity index is 3.21. The van der Waals surface area contributed by atoms with E-state index in [2.05, 4.69) is 26.2 Å². The van der Waals surface area contributed by atoms with Crippen LogP contribution in [0.25, 0.3) is 0 Å². The predicted octanol–water partition coefficient (Wildman–Crippen LogP) is 2.48. The minimum absolute atomic E-state index is 0.303. The molecule has 0 aromatic rings. The van der Waals surface area contributed by atoms with Crippen LogP contribution in [0.5, 0.6) is 0 Å². The zero-order valence-electron chi connectivity index (χ0n) is 13.7. The highest BCUT2D eigenvalue weighted by Gasteiger charge is 2.56. The second-order valence-electron chi connectivity index (χ2n) is 7.25. The molecular weight excluding hydrogens is 288 g/mol. The number of ether oxygens (including phenoxy) is 2. The zero-order valence-corrected chi connectivity index (χ0v) is 14.7. The summed E-state index contributed by atoms with van der Waals surface area (Å²) in [6.45, 7) is 12.1. The maximum absolute atomic E-state index is 11.2. The third kappa shape index (κ3) is 4.16. The van der Waals surface area contributed by atoms with E-state index in [4.69, 9.17) is 9.47 Å². The fourth-order valence-electron chi connectivity index (χ4n) is 3.31. The van der Waals surface area contributed by atoms with Crippen LogP contribution in [0.2, 0.25) is 25.7 Å². The monoisotopic (exact) mass is 316 g/mol. The van der Waals surface area contributed by atoms with E-state index in [1.165, 1.54) is 7.11 Å². The summed E-state index contributed by atoms with van der Waals surface area (Å²) in [5, 5.41) is 20.4. The highest BCUT2D eigenvalue weighted by Crippen LogP contribution is 2.47. The summed E-state index contributed by atoms with van der Waals surface area (Å²) < 4.78 is 11.3. The smallest absolute Gasteiger partial charge is 0.308 e. The van der Waals surface area contributed by atoms with Crippen LogP contribution in [-0.4, -0.2) is 48.9 Å². The normalized spacial score (nSPS) is 37.2. The van der Waals surface area contributed by atoms with Gasteiger partial charge in [-0.15, -0.1) is 6.58 Å². The summed E-state index contributed by atoms with van der Waals surface area (Å²) in [5.74, 6) is -2.77. The van der Waals surface area contributed by atoms with Gasteiger partial charge in [0.25, 0.3) is 0 Å². The van der Waals surface area contributed by atoms with Gasteiger partial charge < -0.3 is 19.7 Å². The molecule has 6 heteroatoms. The second kappa shape index (κ2) is 6.20. The molecule has 0 saturated carbocycles. The van der Waals surface area contributed by atoms with E-state index in [1.54, 1.807) is 6.08 Å². The molecule has 5 nitrogen and oxygen atoms in total. The Morgan fingerprint density at radius 3 is 2.48 bits per heavy atom. The maximum atomic E-state index is 11.2. The number of hydrogen-bond donors (Lipinski definition) is 2. The number of aliphatic hydroxyl groups is 1. The number of methoxy groups -OCH3 is 1. The summed E-state index contributed by atoms with van der Waals surface area (Å²) in [4.78, 5) is 11.2. The number of carbonyl (C=O) groups is 1. The third-order valence-corrected chi connectivity index (χ3v) is 5.89. The molecule has 0 aromatic carbocycles. The molecule has 4 atom stereocenters. The molecule has 122 valence electrons. The van der Waals surface area contributed by atoms with E-state index in [9.17, 15) is 15.0 Å². The summed E-state index contributed by atoms with van der Waals surface area (Å²) in [5.41, 5.74) is -1.01. The van der Waals surface area contributed by atoms with Crippen molar-refractivity contribution in [3.8, 4) is 0 Å². The van der Waals surface area contributed by atoms with Crippen LogP contribution < -0.4 is 0 Å². The maximum Gasteiger partial charge on any atom is 0.308 e. The molecule has 21 heavy (non-hydrogen) atoms. The standard InChI is InChI=1S/C15H28O5Si/c1-7-12-8-14(18,10-21(4,5)6)11(2)15(19-3,20-12)9-13(16)17/h7,11-12,18H,1,8-10H2,2-6H3,(H,16,17)/t11-,12-,14+,15+/m0/s1. The van der Waals surface area contributed by atoms with Gasteiger partial charge in [0.15, 0.2) is 5.79 Å². The molecule has 1 aliphatic rings. The van der Waals surface area contributed by atoms with Gasteiger partial charge >= 0.3 is 5.97 Å². The predicted molar refractivity (Wildman–Crippen MR) is 83.9 cm³/mol. The Kier molecular flexibility index (Phi) is 5.42. The molecule has 1 aliphatic heterocycles. The Bertz CT molecular complexity index is 405. The van der Waals surface area contributed by atoms with E-state index in [1.807, 2.05) is 6.92 Å². The van der Waals surface area contributed by atoms with Crippen molar-refractivity contribution in [1.82, 2.24) is 0 Å². The molecule has 0 spiro atoms. The van der Waals surface area contributed by atoms with Gasteiger partial charge in [-0.3, -0.25) is 4.79 Å². The highest BCUT2D eigenvalue weighted by atomic mass is 28.3. The van der Waals surface area contributed by atoms with Crippen LogP contribution in [0.4, 0.5) is 0 Å². The largest absolute Gasteiger partial charge is 0.481 e. The van der Waals surface area contributed by atoms with Gasteiger partial charge in [-0.2, -0.15) is 0 Å². The summed E-state index contributed by atoms with van der Waals surface area (Å²) >= 11 is 0. The van der Waals surface area contributed by atoms with Crippen LogP contribution >= 0.6 is 0 Å². The number of aliphatic carboxylic acids is 1. The average Bonchev–Trinajstić information content (AvgIpc) is 2.32. The number of hydrogen-bond acceptors (Lipinski definition) is 4. The zero-order chi connectivity index (χ0) is 16.5. The summed E-state index contributed by atoms with van der Waals surface area (Å²) in [6, 6.07) is 0.666. The van der Waals surface area contributed by atoms with E-state index >= 15 is 0 Å². The van der Waals surface area contributed by atoms with Crippen molar-refractivity contribution in [3.05, 3.63) is 12.7 Å². The van der Waals surface area contributed by atoms with Gasteiger partial charge in [0.1, 0.15) is 0 Å². The van der Waals surface area contributed by atoms with E-state index in [-0.39, 0.29) is 6.42 Å². The van der Waals surface area contributed by atoms with Crippen LogP contribution in [0.3, 0.4) is 0 Å². The molecule has 1 rings (SSSR count). The van der Waals surface area contributed by atoms with Gasteiger partial charge in [-0.25, -0.2) is 0 Å². The van der Waals surface area contributed by atoms with Crippen molar-refractivity contribution < 1.29 is 24.5 Å². The molecule has 0 amide bonds. The van der Waals surface area contributed by atoms with Crippen molar-refractivity contribution in [1.29, 1.82) is 0 Å². The molecule has 1 saturated heterocycles. The van der Waals surface area contributed by atoms with Gasteiger partial charge in [0.2, 0.25) is 0 Å². The molecule has 1 heterocycles. The molecule has 0 unspecified atom stereocenters. The van der Waals surface area contributed by atoms with Gasteiger partial charge in [0.05, 0.1) is 18.1 Å². The Labute approximate surface area is 128 Å². The van der Waals surface area contributed by atoms with E-state index in [0.717, 1.165) is 0 Å². The first kappa shape index (κ1) is 18.4. The molecule has 0 aromatic heterocycles. The lowest BCUT2D eigenvalue weighted by Crippen LogP contribution is -2.62. The SMILES string of the molecule is C=C[C@H]1C[C@@](O)(C[Si](C)(C)C)[C@H](C)[C@](CC(=O)O)(OC)O1. The van der Waals surface area contributed by atoms with Crippen LogP contribution in [0.15, 0.2) is 12.7 Å². The van der Waals surface area contributed by atoms with Gasteiger partial charge in [-0.05, 0) is 6.04 Å². The molecule has 0 bridgehead atoms. The van der Waals surface area contributed by atoms with Crippen molar-refractivity contribution in [2.75, 3.05) is 7.11 Å². The molecule has 0 aliphatic carbocycles. The first-order chi connectivity index (χ1) is 9.48. The van der Waals surface area contributed by atoms with Crippen molar-refractivity contribution in [2.24, 2.45) is 5.92 Å². The first-order valence-corrected chi connectivity index (χ1v) is 11.0. The topological polar surface area (TPSA) is 76.0 Å². The lowest BCUT2D eigenvalue weighted by Gasteiger charge is -2.53. The molecule has 2 N–H and O–H groups in total. The molecular formula is C15H28O5Si. The fraction of sp³-hybridized carbons (Fsp3) is 0.800. The number of rotatable bonds is 6. The number of carboxylic acids is 1. The van der Waals surface area contributed by atoms with E-state index in [0.29, 0.717) is 12.5 Å². The van der Waals surface area contributed by atoms with Crippen molar-refractivity contribution in [3.63, 3.8) is 0 Å². The quantitative estimate of drug-likeness (QED) is 0.581. The summed E-state index contributed by atoms with van der Waals surface area (Å²) in [7, 11) is -0.129. The lowest BCUT2D eigenvalue weighted by atomic mass is 9.76. The van der Waals surface area contributed by atoms with Gasteiger partial charge in [0, 0.05) is 27.5 Å². The highest BCUT2D eigenvalue weighted by molar-refractivity contribution is 6.76. The van der Waals surface area contributed by atoms with Crippen LogP contribution in [0.1, 0.15) is 19.8 Å². The minimum Gasteiger partial charge on any atom is -0.481 e. The average molecular weight is 316 g/mol. The number of carboxylic acid groups (broad SMARTS) is 1. The first-order valence-electron chi connectivity index (χ1n) is 7.28. The van der Waals surface area contributed by atoms with Crippen LogP contribution in [-0.2, 0) is 14.3 Å². The van der Waals surface area contributed by atoms with Crippen molar-refractivity contribution >= 4 is 14.0 Å². The van der Waals surface area contributed by atoms with Gasteiger partial charge in [-0.1, -0.05) is 32.6 Å². The third-order valence-electron chi connectivity index (χ3n) is 4.21. The second-order valence-corrected chi connectivity index (χ2v) is 12.7. The van der Waals surface area contributed by atoms with Crippen molar-refractivity contribution in [2.45, 2.75) is 62.9 Å². The fourth-order valence-corrected chi connectivity index (χ4v) is 5.60. The minimum atomic E-state index is -1.56. The Morgan fingerprint density at radius 1 is 1.52 bits per heavy atom. The Morgan fingerprint density at radius 2 is 2.10 bits per heavy atom. The Hall–Kier alpha value is -0.693. The molecule has 1 fully saturated rings. The lowest BCUT2D eigenvalue weighted by molar-refractivity contribution is -0.324. The molecule has 0 radical (unpaired) electrons. The van der Waals surface area contributed by atoms with E-state index < -0.39 is 37.5 Å².